The Morgan fingerprint density at radius 1 is 1.47 bits per heavy atom. The number of hydrogen-bond acceptors (Lipinski definition) is 5. The summed E-state index contributed by atoms with van der Waals surface area (Å²) in [5.41, 5.74) is 0. The van der Waals surface area contributed by atoms with Crippen LogP contribution in [0.5, 0.6) is 0 Å². The minimum Gasteiger partial charge on any atom is -0.395 e. The molecule has 2 N–H and O–H groups in total. The molecule has 0 spiro atoms. The molecule has 1 unspecified atom stereocenters. The Morgan fingerprint density at radius 2 is 2.06 bits per heavy atom. The molecule has 7 nitrogen and oxygen atoms in total. The molecule has 0 aliphatic carbocycles. The van der Waals surface area contributed by atoms with Gasteiger partial charge >= 0.3 is 0 Å². The van der Waals surface area contributed by atoms with E-state index in [-0.39, 0.29) is 5.91 Å². The van der Waals surface area contributed by atoms with Gasteiger partial charge in [-0.2, -0.15) is 0 Å². The van der Waals surface area contributed by atoms with Crippen molar-refractivity contribution in [3.8, 4) is 0 Å². The van der Waals surface area contributed by atoms with Crippen LogP contribution in [0.4, 0.5) is 0 Å². The van der Waals surface area contributed by atoms with Gasteiger partial charge in [0.15, 0.2) is 0 Å². The molecule has 1 saturated heterocycles. The first-order valence-corrected chi connectivity index (χ1v) is 7.09. The summed E-state index contributed by atoms with van der Waals surface area (Å²) in [5.74, 6) is -0.664. The second-order valence-corrected chi connectivity index (χ2v) is 5.69. The molecule has 0 aromatic carbocycles. The number of aliphatic hydroxyl groups is 1. The molecule has 17 heavy (non-hydrogen) atoms. The predicted octanol–water partition coefficient (Wildman–Crippen LogP) is -1.85. The van der Waals surface area contributed by atoms with Crippen molar-refractivity contribution in [2.24, 2.45) is 0 Å². The molecule has 0 aromatic heterocycles. The summed E-state index contributed by atoms with van der Waals surface area (Å²) in [6.07, 6.45) is 0. The minimum absolute atomic E-state index is 0.269. The number of morpholine rings is 1. The van der Waals surface area contributed by atoms with E-state index in [1.807, 2.05) is 0 Å². The van der Waals surface area contributed by atoms with Gasteiger partial charge in [0.25, 0.3) is 0 Å². The van der Waals surface area contributed by atoms with E-state index in [1.54, 1.807) is 4.90 Å². The SMILES string of the molecule is CC(NS(=O)(=O)CCO)C(=O)N1CCOCC1. The Morgan fingerprint density at radius 3 is 2.59 bits per heavy atom. The molecule has 1 rings (SSSR count). The van der Waals surface area contributed by atoms with Crippen LogP contribution < -0.4 is 4.72 Å². The van der Waals surface area contributed by atoms with Crippen LogP contribution in [0.3, 0.4) is 0 Å². The first-order chi connectivity index (χ1) is 7.96. The number of carbonyl (C=O) groups is 1. The largest absolute Gasteiger partial charge is 0.395 e. The summed E-state index contributed by atoms with van der Waals surface area (Å²) < 4.78 is 30.1. The fourth-order valence-corrected chi connectivity index (χ4v) is 2.55. The Bertz CT molecular complexity index is 350. The number of sulfonamides is 1. The smallest absolute Gasteiger partial charge is 0.240 e. The zero-order valence-corrected chi connectivity index (χ0v) is 10.6. The van der Waals surface area contributed by atoms with Gasteiger partial charge in [-0.05, 0) is 6.92 Å². The molecule has 0 aromatic rings. The molecule has 0 radical (unpaired) electrons. The fraction of sp³-hybridized carbons (Fsp3) is 0.889. The van der Waals surface area contributed by atoms with Crippen molar-refractivity contribution in [1.82, 2.24) is 9.62 Å². The van der Waals surface area contributed by atoms with E-state index in [2.05, 4.69) is 4.72 Å². The Labute approximate surface area is 101 Å². The maximum absolute atomic E-state index is 11.9. The lowest BCUT2D eigenvalue weighted by Gasteiger charge is -2.29. The molecule has 1 aliphatic heterocycles. The van der Waals surface area contributed by atoms with E-state index in [1.165, 1.54) is 6.92 Å². The quantitative estimate of drug-likeness (QED) is 0.609. The number of hydrogen-bond donors (Lipinski definition) is 2. The lowest BCUT2D eigenvalue weighted by Crippen LogP contribution is -2.50. The highest BCUT2D eigenvalue weighted by atomic mass is 32.2. The van der Waals surface area contributed by atoms with Crippen molar-refractivity contribution in [3.05, 3.63) is 0 Å². The van der Waals surface area contributed by atoms with Gasteiger partial charge in [-0.15, -0.1) is 0 Å². The van der Waals surface area contributed by atoms with Crippen LogP contribution in [0, 0.1) is 0 Å². The zero-order valence-electron chi connectivity index (χ0n) is 9.76. The highest BCUT2D eigenvalue weighted by Crippen LogP contribution is 2.01. The van der Waals surface area contributed by atoms with E-state index in [0.29, 0.717) is 26.3 Å². The molecule has 1 amide bonds. The van der Waals surface area contributed by atoms with Gasteiger partial charge < -0.3 is 14.7 Å². The number of amides is 1. The van der Waals surface area contributed by atoms with Gasteiger partial charge in [-0.3, -0.25) is 4.79 Å². The molecule has 1 atom stereocenters. The lowest BCUT2D eigenvalue weighted by atomic mass is 10.3. The van der Waals surface area contributed by atoms with Crippen LogP contribution in [0.15, 0.2) is 0 Å². The molecule has 1 heterocycles. The highest BCUT2D eigenvalue weighted by molar-refractivity contribution is 7.89. The maximum atomic E-state index is 11.9. The van der Waals surface area contributed by atoms with Crippen molar-refractivity contribution < 1.29 is 23.1 Å². The maximum Gasteiger partial charge on any atom is 0.240 e. The van der Waals surface area contributed by atoms with Crippen molar-refractivity contribution in [3.63, 3.8) is 0 Å². The number of rotatable bonds is 5. The number of nitrogens with one attached hydrogen (secondary N) is 1. The van der Waals surface area contributed by atoms with Gasteiger partial charge in [-0.25, -0.2) is 13.1 Å². The van der Waals surface area contributed by atoms with Crippen LogP contribution in [0.2, 0.25) is 0 Å². The van der Waals surface area contributed by atoms with Crippen molar-refractivity contribution in [1.29, 1.82) is 0 Å². The monoisotopic (exact) mass is 266 g/mol. The van der Waals surface area contributed by atoms with Crippen LogP contribution in [0.1, 0.15) is 6.92 Å². The van der Waals surface area contributed by atoms with E-state index in [9.17, 15) is 13.2 Å². The average Bonchev–Trinajstić information content (AvgIpc) is 2.28. The van der Waals surface area contributed by atoms with E-state index in [4.69, 9.17) is 9.84 Å². The predicted molar refractivity (Wildman–Crippen MR) is 60.9 cm³/mol. The van der Waals surface area contributed by atoms with Gasteiger partial charge in [0.2, 0.25) is 15.9 Å². The Hall–Kier alpha value is -0.700. The number of ether oxygens (including phenoxy) is 1. The van der Waals surface area contributed by atoms with Crippen molar-refractivity contribution >= 4 is 15.9 Å². The number of nitrogens with zero attached hydrogens (tertiary/aromatic N) is 1. The van der Waals surface area contributed by atoms with Gasteiger partial charge in [-0.1, -0.05) is 0 Å². The van der Waals surface area contributed by atoms with Crippen molar-refractivity contribution in [2.45, 2.75) is 13.0 Å². The molecule has 1 aliphatic rings. The average molecular weight is 266 g/mol. The first-order valence-electron chi connectivity index (χ1n) is 5.43. The third-order valence-corrected chi connectivity index (χ3v) is 3.84. The molecule has 8 heteroatoms. The number of carbonyl (C=O) groups excluding carboxylic acids is 1. The van der Waals surface area contributed by atoms with E-state index < -0.39 is 28.4 Å². The van der Waals surface area contributed by atoms with Gasteiger partial charge in [0.05, 0.1) is 31.6 Å². The third kappa shape index (κ3) is 4.58. The minimum atomic E-state index is -3.59. The summed E-state index contributed by atoms with van der Waals surface area (Å²) in [7, 11) is -3.59. The summed E-state index contributed by atoms with van der Waals surface area (Å²) in [6, 6.07) is -0.815. The fourth-order valence-electron chi connectivity index (χ4n) is 1.56. The molecular formula is C9H18N2O5S. The molecule has 1 fully saturated rings. The highest BCUT2D eigenvalue weighted by Gasteiger charge is 2.25. The summed E-state index contributed by atoms with van der Waals surface area (Å²) in [5, 5.41) is 8.57. The first kappa shape index (κ1) is 14.4. The number of aliphatic hydroxyl groups excluding tert-OH is 1. The standard InChI is InChI=1S/C9H18N2O5S/c1-8(10-17(14,15)7-4-12)9(13)11-2-5-16-6-3-11/h8,10,12H,2-7H2,1H3. The lowest BCUT2D eigenvalue weighted by molar-refractivity contribution is -0.136. The van der Waals surface area contributed by atoms with Gasteiger partial charge in [0, 0.05) is 13.1 Å². The van der Waals surface area contributed by atoms with Crippen LogP contribution in [-0.4, -0.2) is 69.0 Å². The van der Waals surface area contributed by atoms with Crippen LogP contribution in [-0.2, 0) is 19.6 Å². The second-order valence-electron chi connectivity index (χ2n) is 3.82. The Balaban J connectivity index is 2.51. The molecular weight excluding hydrogens is 248 g/mol. The normalized spacial score (nSPS) is 19.1. The second kappa shape index (κ2) is 6.29. The van der Waals surface area contributed by atoms with E-state index >= 15 is 0 Å². The molecule has 100 valence electrons. The summed E-state index contributed by atoms with van der Waals surface area (Å²) in [4.78, 5) is 13.4. The molecule has 0 saturated carbocycles. The van der Waals surface area contributed by atoms with Crippen LogP contribution >= 0.6 is 0 Å². The van der Waals surface area contributed by atoms with E-state index in [0.717, 1.165) is 0 Å². The van der Waals surface area contributed by atoms with Crippen LogP contribution in [0.25, 0.3) is 0 Å². The summed E-state index contributed by atoms with van der Waals surface area (Å²) in [6.45, 7) is 2.93. The topological polar surface area (TPSA) is 95.9 Å². The zero-order chi connectivity index (χ0) is 12.9. The Kier molecular flexibility index (Phi) is 5.31. The van der Waals surface area contributed by atoms with Crippen molar-refractivity contribution in [2.75, 3.05) is 38.7 Å². The van der Waals surface area contributed by atoms with Gasteiger partial charge in [0.1, 0.15) is 0 Å². The third-order valence-electron chi connectivity index (χ3n) is 2.41. The summed E-state index contributed by atoms with van der Waals surface area (Å²) >= 11 is 0. The molecule has 0 bridgehead atoms.